The first-order valence-electron chi connectivity index (χ1n) is 8.03. The number of hydrogen-bond acceptors (Lipinski definition) is 3. The lowest BCUT2D eigenvalue weighted by Gasteiger charge is -2.21. The highest BCUT2D eigenvalue weighted by Gasteiger charge is 2.30. The lowest BCUT2D eigenvalue weighted by molar-refractivity contribution is -0.117. The SMILES string of the molecule is N#Cc1ccc(Cl)cc1NC(=O)CN(Cc1ccc(F)cc1)C1CC1. The van der Waals surface area contributed by atoms with Gasteiger partial charge in [0.2, 0.25) is 5.91 Å². The summed E-state index contributed by atoms with van der Waals surface area (Å²) in [6, 6.07) is 13.5. The Morgan fingerprint density at radius 2 is 2.00 bits per heavy atom. The molecule has 25 heavy (non-hydrogen) atoms. The predicted octanol–water partition coefficient (Wildman–Crippen LogP) is 3.95. The quantitative estimate of drug-likeness (QED) is 0.851. The van der Waals surface area contributed by atoms with Crippen molar-refractivity contribution in [3.05, 3.63) is 64.4 Å². The summed E-state index contributed by atoms with van der Waals surface area (Å²) in [6.07, 6.45) is 2.10. The molecule has 1 saturated carbocycles. The first-order valence-corrected chi connectivity index (χ1v) is 8.41. The van der Waals surface area contributed by atoms with Gasteiger partial charge in [0.05, 0.1) is 17.8 Å². The first-order chi connectivity index (χ1) is 12.0. The van der Waals surface area contributed by atoms with Crippen molar-refractivity contribution in [3.63, 3.8) is 0 Å². The summed E-state index contributed by atoms with van der Waals surface area (Å²) in [5.41, 5.74) is 1.74. The molecule has 128 valence electrons. The highest BCUT2D eigenvalue weighted by atomic mass is 35.5. The highest BCUT2D eigenvalue weighted by molar-refractivity contribution is 6.31. The van der Waals surface area contributed by atoms with Crippen LogP contribution in [-0.2, 0) is 11.3 Å². The zero-order chi connectivity index (χ0) is 17.8. The van der Waals surface area contributed by atoms with Crippen molar-refractivity contribution in [3.8, 4) is 6.07 Å². The van der Waals surface area contributed by atoms with Crippen molar-refractivity contribution < 1.29 is 9.18 Å². The molecule has 1 N–H and O–H groups in total. The zero-order valence-corrected chi connectivity index (χ0v) is 14.3. The van der Waals surface area contributed by atoms with Crippen LogP contribution in [0.4, 0.5) is 10.1 Å². The van der Waals surface area contributed by atoms with E-state index in [1.54, 1.807) is 30.3 Å². The summed E-state index contributed by atoms with van der Waals surface area (Å²) in [5.74, 6) is -0.475. The number of benzene rings is 2. The van der Waals surface area contributed by atoms with Crippen molar-refractivity contribution >= 4 is 23.2 Å². The number of carbonyl (C=O) groups excluding carboxylic acids is 1. The van der Waals surface area contributed by atoms with Crippen molar-refractivity contribution in [2.75, 3.05) is 11.9 Å². The Balaban J connectivity index is 1.66. The minimum Gasteiger partial charge on any atom is -0.324 e. The minimum atomic E-state index is -0.274. The van der Waals surface area contributed by atoms with Gasteiger partial charge in [-0.2, -0.15) is 5.26 Å². The minimum absolute atomic E-state index is 0.201. The fraction of sp³-hybridized carbons (Fsp3) is 0.263. The average Bonchev–Trinajstić information content (AvgIpc) is 3.41. The molecule has 1 aliphatic rings. The van der Waals surface area contributed by atoms with Crippen LogP contribution >= 0.6 is 11.6 Å². The molecule has 4 nitrogen and oxygen atoms in total. The maximum absolute atomic E-state index is 13.0. The van der Waals surface area contributed by atoms with Gasteiger partial charge in [0, 0.05) is 17.6 Å². The summed E-state index contributed by atoms with van der Waals surface area (Å²) < 4.78 is 13.0. The van der Waals surface area contributed by atoms with Crippen LogP contribution in [0.25, 0.3) is 0 Å². The van der Waals surface area contributed by atoms with Gasteiger partial charge in [-0.05, 0) is 48.7 Å². The van der Waals surface area contributed by atoms with Crippen LogP contribution in [0.1, 0.15) is 24.0 Å². The van der Waals surface area contributed by atoms with E-state index in [9.17, 15) is 9.18 Å². The summed E-state index contributed by atoms with van der Waals surface area (Å²) in [4.78, 5) is 14.5. The Kier molecular flexibility index (Phi) is 5.32. The van der Waals surface area contributed by atoms with E-state index in [-0.39, 0.29) is 18.3 Å². The van der Waals surface area contributed by atoms with Crippen LogP contribution in [-0.4, -0.2) is 23.4 Å². The Morgan fingerprint density at radius 1 is 1.28 bits per heavy atom. The van der Waals surface area contributed by atoms with Crippen LogP contribution in [0.15, 0.2) is 42.5 Å². The van der Waals surface area contributed by atoms with E-state index in [1.165, 1.54) is 12.1 Å². The third-order valence-electron chi connectivity index (χ3n) is 4.09. The van der Waals surface area contributed by atoms with E-state index in [4.69, 9.17) is 16.9 Å². The molecule has 1 amide bonds. The zero-order valence-electron chi connectivity index (χ0n) is 13.5. The van der Waals surface area contributed by atoms with Crippen molar-refractivity contribution in [2.45, 2.75) is 25.4 Å². The molecule has 6 heteroatoms. The van der Waals surface area contributed by atoms with Gasteiger partial charge in [0.1, 0.15) is 11.9 Å². The molecule has 0 bridgehead atoms. The van der Waals surface area contributed by atoms with Gasteiger partial charge in [-0.1, -0.05) is 23.7 Å². The predicted molar refractivity (Wildman–Crippen MR) is 94.6 cm³/mol. The number of anilines is 1. The molecule has 0 aromatic heterocycles. The fourth-order valence-electron chi connectivity index (χ4n) is 2.67. The smallest absolute Gasteiger partial charge is 0.238 e. The van der Waals surface area contributed by atoms with E-state index in [1.807, 2.05) is 6.07 Å². The van der Waals surface area contributed by atoms with E-state index in [2.05, 4.69) is 10.2 Å². The molecule has 1 aliphatic carbocycles. The van der Waals surface area contributed by atoms with Crippen molar-refractivity contribution in [1.82, 2.24) is 4.90 Å². The molecule has 0 heterocycles. The van der Waals surface area contributed by atoms with Gasteiger partial charge >= 0.3 is 0 Å². The number of hydrogen-bond donors (Lipinski definition) is 1. The first kappa shape index (κ1) is 17.4. The molecule has 0 unspecified atom stereocenters. The van der Waals surface area contributed by atoms with Crippen LogP contribution in [0.5, 0.6) is 0 Å². The Hall–Kier alpha value is -2.42. The number of nitriles is 1. The monoisotopic (exact) mass is 357 g/mol. The van der Waals surface area contributed by atoms with Gasteiger partial charge in [-0.3, -0.25) is 9.69 Å². The largest absolute Gasteiger partial charge is 0.324 e. The van der Waals surface area contributed by atoms with E-state index in [0.29, 0.717) is 28.9 Å². The van der Waals surface area contributed by atoms with Crippen LogP contribution in [0.3, 0.4) is 0 Å². The number of carbonyl (C=O) groups is 1. The van der Waals surface area contributed by atoms with Gasteiger partial charge in [0.25, 0.3) is 0 Å². The number of halogens is 2. The molecule has 0 radical (unpaired) electrons. The Labute approximate surface area is 150 Å². The number of nitrogens with zero attached hydrogens (tertiary/aromatic N) is 2. The molecule has 0 saturated heterocycles. The van der Waals surface area contributed by atoms with Crippen LogP contribution in [0.2, 0.25) is 5.02 Å². The molecule has 0 aliphatic heterocycles. The Bertz CT molecular complexity index is 812. The molecule has 2 aromatic carbocycles. The summed E-state index contributed by atoms with van der Waals surface area (Å²) in [5, 5.41) is 12.4. The van der Waals surface area contributed by atoms with E-state index < -0.39 is 0 Å². The van der Waals surface area contributed by atoms with E-state index >= 15 is 0 Å². The lowest BCUT2D eigenvalue weighted by atomic mass is 10.2. The second-order valence-corrected chi connectivity index (χ2v) is 6.55. The lowest BCUT2D eigenvalue weighted by Crippen LogP contribution is -2.34. The molecule has 0 spiro atoms. The highest BCUT2D eigenvalue weighted by Crippen LogP contribution is 2.28. The maximum Gasteiger partial charge on any atom is 0.238 e. The topological polar surface area (TPSA) is 56.1 Å². The summed E-state index contributed by atoms with van der Waals surface area (Å²) in [6.45, 7) is 0.790. The summed E-state index contributed by atoms with van der Waals surface area (Å²) >= 11 is 5.94. The van der Waals surface area contributed by atoms with Gasteiger partial charge in [0.15, 0.2) is 0 Å². The number of nitrogens with one attached hydrogen (secondary N) is 1. The van der Waals surface area contributed by atoms with Crippen LogP contribution < -0.4 is 5.32 Å². The van der Waals surface area contributed by atoms with Gasteiger partial charge in [-0.15, -0.1) is 0 Å². The molecule has 3 rings (SSSR count). The van der Waals surface area contributed by atoms with Gasteiger partial charge < -0.3 is 5.32 Å². The average molecular weight is 358 g/mol. The fourth-order valence-corrected chi connectivity index (χ4v) is 2.84. The maximum atomic E-state index is 13.0. The summed E-state index contributed by atoms with van der Waals surface area (Å²) in [7, 11) is 0. The third-order valence-corrected chi connectivity index (χ3v) is 4.32. The molecular weight excluding hydrogens is 341 g/mol. The number of rotatable bonds is 6. The normalized spacial score (nSPS) is 13.5. The molecule has 0 atom stereocenters. The second kappa shape index (κ2) is 7.64. The van der Waals surface area contributed by atoms with Gasteiger partial charge in [-0.25, -0.2) is 4.39 Å². The molecule has 2 aromatic rings. The third kappa shape index (κ3) is 4.79. The van der Waals surface area contributed by atoms with Crippen LogP contribution in [0, 0.1) is 17.1 Å². The van der Waals surface area contributed by atoms with Crippen molar-refractivity contribution in [2.24, 2.45) is 0 Å². The Morgan fingerprint density at radius 3 is 2.64 bits per heavy atom. The standard InChI is InChI=1S/C19H17ClFN3O/c20-15-4-3-14(10-22)18(9-15)23-19(25)12-24(17-7-8-17)11-13-1-5-16(21)6-2-13/h1-6,9,17H,7-8,11-12H2,(H,23,25). The molecular formula is C19H17ClFN3O. The molecule has 1 fully saturated rings. The van der Waals surface area contributed by atoms with Crippen molar-refractivity contribution in [1.29, 1.82) is 5.26 Å². The van der Waals surface area contributed by atoms with E-state index in [0.717, 1.165) is 18.4 Å². The second-order valence-electron chi connectivity index (χ2n) is 6.11. The number of amides is 1.